The third-order valence-electron chi connectivity index (χ3n) is 2.44. The largest absolute Gasteiger partial charge is 0.491 e. The lowest BCUT2D eigenvalue weighted by Gasteiger charge is -2.06. The molecule has 0 amide bonds. The molecule has 0 spiro atoms. The Kier molecular flexibility index (Phi) is 5.24. The summed E-state index contributed by atoms with van der Waals surface area (Å²) in [4.78, 5) is 8.21. The molecule has 6 heteroatoms. The molecule has 0 aliphatic carbocycles. The van der Waals surface area contributed by atoms with Crippen molar-refractivity contribution in [3.63, 3.8) is 0 Å². The number of rotatable bonds is 4. The van der Waals surface area contributed by atoms with Gasteiger partial charge in [0.15, 0.2) is 12.4 Å². The summed E-state index contributed by atoms with van der Waals surface area (Å²) in [5, 5.41) is 0.478. The molecule has 0 unspecified atom stereocenters. The van der Waals surface area contributed by atoms with Crippen LogP contribution in [0.2, 0.25) is 5.02 Å². The van der Waals surface area contributed by atoms with Crippen molar-refractivity contribution in [3.05, 3.63) is 41.2 Å². The van der Waals surface area contributed by atoms with Crippen LogP contribution in [-0.4, -0.2) is 30.8 Å². The predicted octanol–water partition coefficient (Wildman–Crippen LogP) is 2.58. The van der Waals surface area contributed by atoms with Crippen LogP contribution < -0.4 is 14.2 Å². The van der Waals surface area contributed by atoms with Crippen molar-refractivity contribution >= 4 is 11.6 Å². The van der Waals surface area contributed by atoms with E-state index in [0.29, 0.717) is 28.2 Å². The minimum Gasteiger partial charge on any atom is -0.491 e. The van der Waals surface area contributed by atoms with Gasteiger partial charge >= 0.3 is 0 Å². The first-order valence-electron chi connectivity index (χ1n) is 6.05. The third-order valence-corrected chi connectivity index (χ3v) is 2.64. The van der Waals surface area contributed by atoms with Crippen molar-refractivity contribution in [2.45, 2.75) is 0 Å². The fourth-order valence-electron chi connectivity index (χ4n) is 1.49. The molecule has 108 valence electrons. The van der Waals surface area contributed by atoms with Crippen LogP contribution in [0.15, 0.2) is 30.5 Å². The molecule has 5 nitrogen and oxygen atoms in total. The molecule has 2 rings (SSSR count). The van der Waals surface area contributed by atoms with Crippen molar-refractivity contribution in [3.8, 4) is 29.4 Å². The molecule has 0 bridgehead atoms. The summed E-state index contributed by atoms with van der Waals surface area (Å²) in [6.07, 6.45) is 1.48. The summed E-state index contributed by atoms with van der Waals surface area (Å²) in [5.41, 5.74) is 0.606. The molecule has 21 heavy (non-hydrogen) atoms. The first-order valence-corrected chi connectivity index (χ1v) is 6.43. The summed E-state index contributed by atoms with van der Waals surface area (Å²) >= 11 is 5.82. The van der Waals surface area contributed by atoms with Crippen molar-refractivity contribution in [2.24, 2.45) is 0 Å². The van der Waals surface area contributed by atoms with E-state index in [9.17, 15) is 0 Å². The fourth-order valence-corrected chi connectivity index (χ4v) is 1.64. The van der Waals surface area contributed by atoms with E-state index in [4.69, 9.17) is 25.8 Å². The van der Waals surface area contributed by atoms with Crippen LogP contribution in [0.25, 0.3) is 0 Å². The fraction of sp³-hybridized carbons (Fsp3) is 0.200. The van der Waals surface area contributed by atoms with Crippen LogP contribution in [0, 0.1) is 11.8 Å². The summed E-state index contributed by atoms with van der Waals surface area (Å²) in [5.74, 6) is 7.05. The van der Waals surface area contributed by atoms with Crippen LogP contribution in [0.1, 0.15) is 5.69 Å². The van der Waals surface area contributed by atoms with Gasteiger partial charge in [0.05, 0.1) is 19.2 Å². The lowest BCUT2D eigenvalue weighted by Crippen LogP contribution is -1.99. The number of ether oxygens (including phenoxy) is 3. The van der Waals surface area contributed by atoms with Crippen molar-refractivity contribution in [1.82, 2.24) is 9.97 Å². The van der Waals surface area contributed by atoms with E-state index in [1.54, 1.807) is 25.3 Å². The van der Waals surface area contributed by atoms with E-state index in [2.05, 4.69) is 21.8 Å². The first-order chi connectivity index (χ1) is 10.2. The maximum Gasteiger partial charge on any atom is 0.258 e. The average molecular weight is 305 g/mol. The summed E-state index contributed by atoms with van der Waals surface area (Å²) in [6.45, 7) is 0.157. The third kappa shape index (κ3) is 4.26. The Morgan fingerprint density at radius 2 is 2.10 bits per heavy atom. The molecule has 0 aromatic carbocycles. The second kappa shape index (κ2) is 7.36. The molecule has 0 N–H and O–H groups in total. The number of aromatic nitrogens is 2. The number of nitrogens with zero attached hydrogens (tertiary/aromatic N) is 2. The van der Waals surface area contributed by atoms with E-state index < -0.39 is 0 Å². The van der Waals surface area contributed by atoms with Crippen LogP contribution in [0.5, 0.6) is 17.5 Å². The zero-order valence-corrected chi connectivity index (χ0v) is 12.3. The van der Waals surface area contributed by atoms with Crippen LogP contribution in [0.3, 0.4) is 0 Å². The Bertz CT molecular complexity index is 680. The number of hydrogen-bond donors (Lipinski definition) is 0. The van der Waals surface area contributed by atoms with Gasteiger partial charge in [-0.3, -0.25) is 0 Å². The summed E-state index contributed by atoms with van der Waals surface area (Å²) < 4.78 is 15.6. The zero-order valence-electron chi connectivity index (χ0n) is 11.6. The molecule has 0 radical (unpaired) electrons. The number of hydrogen-bond acceptors (Lipinski definition) is 5. The lowest BCUT2D eigenvalue weighted by atomic mass is 10.3. The Hall–Kier alpha value is -2.45. The van der Waals surface area contributed by atoms with Gasteiger partial charge in [0, 0.05) is 18.3 Å². The van der Waals surface area contributed by atoms with E-state index in [0.717, 1.165) is 0 Å². The van der Waals surface area contributed by atoms with Gasteiger partial charge in [0.2, 0.25) is 5.88 Å². The van der Waals surface area contributed by atoms with Crippen molar-refractivity contribution < 1.29 is 14.2 Å². The standard InChI is InChI=1S/C15H13ClN2O3/c1-19-13-9-11(16)10-17-15(13)21-8-4-6-12-5-3-7-14(18-12)20-2/h3,5,7,9-10H,8H2,1-2H3. The first kappa shape index (κ1) is 14.9. The Morgan fingerprint density at radius 1 is 1.24 bits per heavy atom. The van der Waals surface area contributed by atoms with E-state index in [1.165, 1.54) is 13.3 Å². The van der Waals surface area contributed by atoms with E-state index in [1.807, 2.05) is 6.07 Å². The SMILES string of the molecule is COc1cccc(C#CCOc2ncc(Cl)cc2OC)n1. The normalized spacial score (nSPS) is 9.48. The monoisotopic (exact) mass is 304 g/mol. The molecule has 0 fully saturated rings. The molecule has 2 heterocycles. The molecule has 2 aromatic rings. The summed E-state index contributed by atoms with van der Waals surface area (Å²) in [6, 6.07) is 6.99. The quantitative estimate of drug-likeness (QED) is 0.813. The Morgan fingerprint density at radius 3 is 2.86 bits per heavy atom. The average Bonchev–Trinajstić information content (AvgIpc) is 2.52. The molecular formula is C15H13ClN2O3. The van der Waals surface area contributed by atoms with Crippen molar-refractivity contribution in [2.75, 3.05) is 20.8 Å². The van der Waals surface area contributed by atoms with Crippen LogP contribution in [0.4, 0.5) is 0 Å². The van der Waals surface area contributed by atoms with Gasteiger partial charge in [-0.15, -0.1) is 0 Å². The maximum atomic E-state index is 5.82. The molecule has 0 saturated heterocycles. The molecule has 0 aliphatic rings. The van der Waals surface area contributed by atoms with Crippen LogP contribution >= 0.6 is 11.6 Å². The predicted molar refractivity (Wildman–Crippen MR) is 79.0 cm³/mol. The molecule has 0 saturated carbocycles. The number of pyridine rings is 2. The van der Waals surface area contributed by atoms with Gasteiger partial charge in [-0.2, -0.15) is 0 Å². The minimum atomic E-state index is 0.157. The molecule has 2 aromatic heterocycles. The zero-order chi connectivity index (χ0) is 15.1. The van der Waals surface area contributed by atoms with E-state index in [-0.39, 0.29) is 6.61 Å². The van der Waals surface area contributed by atoms with Gasteiger partial charge < -0.3 is 14.2 Å². The van der Waals surface area contributed by atoms with Crippen molar-refractivity contribution in [1.29, 1.82) is 0 Å². The van der Waals surface area contributed by atoms with Gasteiger partial charge in [-0.25, -0.2) is 9.97 Å². The van der Waals surface area contributed by atoms with Gasteiger partial charge in [-0.05, 0) is 12.0 Å². The molecule has 0 aliphatic heterocycles. The number of halogens is 1. The molecular weight excluding hydrogens is 292 g/mol. The van der Waals surface area contributed by atoms with Crippen LogP contribution in [-0.2, 0) is 0 Å². The highest BCUT2D eigenvalue weighted by Gasteiger charge is 2.05. The second-order valence-electron chi connectivity index (χ2n) is 3.82. The Labute approximate surface area is 127 Å². The highest BCUT2D eigenvalue weighted by atomic mass is 35.5. The van der Waals surface area contributed by atoms with Gasteiger partial charge in [0.1, 0.15) is 5.69 Å². The highest BCUT2D eigenvalue weighted by molar-refractivity contribution is 6.30. The molecule has 0 atom stereocenters. The second-order valence-corrected chi connectivity index (χ2v) is 4.25. The van der Waals surface area contributed by atoms with E-state index >= 15 is 0 Å². The van der Waals surface area contributed by atoms with Gasteiger partial charge in [-0.1, -0.05) is 23.6 Å². The highest BCUT2D eigenvalue weighted by Crippen LogP contribution is 2.26. The topological polar surface area (TPSA) is 53.5 Å². The van der Waals surface area contributed by atoms with Gasteiger partial charge in [0.25, 0.3) is 5.88 Å². The lowest BCUT2D eigenvalue weighted by molar-refractivity contribution is 0.318. The smallest absolute Gasteiger partial charge is 0.258 e. The minimum absolute atomic E-state index is 0.157. The maximum absolute atomic E-state index is 5.82. The Balaban J connectivity index is 2.00. The summed E-state index contributed by atoms with van der Waals surface area (Å²) in [7, 11) is 3.08. The number of methoxy groups -OCH3 is 2.